The molecule has 0 radical (unpaired) electrons. The molecule has 0 N–H and O–H groups in total. The number of carbonyl (C=O) groups is 1. The van der Waals surface area contributed by atoms with Crippen LogP contribution in [0.2, 0.25) is 0 Å². The molecule has 4 rings (SSSR count). The number of hydrogen-bond donors (Lipinski definition) is 0. The molecule has 0 saturated heterocycles. The van der Waals surface area contributed by atoms with Crippen molar-refractivity contribution in [3.05, 3.63) is 60.2 Å². The molecule has 2 heterocycles. The van der Waals surface area contributed by atoms with Gasteiger partial charge in [-0.05, 0) is 18.6 Å². The summed E-state index contributed by atoms with van der Waals surface area (Å²) >= 11 is 3.30. The normalized spacial score (nSPS) is 11.3. The fourth-order valence-corrected chi connectivity index (χ4v) is 4.52. The molecule has 0 unspecified atom stereocenters. The summed E-state index contributed by atoms with van der Waals surface area (Å²) in [6.07, 6.45) is 1.39. The molecule has 0 aliphatic heterocycles. The quantitative estimate of drug-likeness (QED) is 0.286. The molecule has 6 heteroatoms. The summed E-state index contributed by atoms with van der Waals surface area (Å²) in [4.78, 5) is 13.0. The number of ketones is 1. The summed E-state index contributed by atoms with van der Waals surface area (Å²) in [6, 6.07) is 17.7. The van der Waals surface area contributed by atoms with Crippen LogP contribution < -0.4 is 0 Å². The Hall–Kier alpha value is -2.18. The molecular weight excluding hydrogens is 338 g/mol. The molecule has 4 aromatic rings. The molecule has 0 amide bonds. The number of aromatic nitrogens is 3. The van der Waals surface area contributed by atoms with E-state index in [1.54, 1.807) is 23.1 Å². The van der Waals surface area contributed by atoms with Crippen molar-refractivity contribution in [1.29, 1.82) is 0 Å². The van der Waals surface area contributed by atoms with E-state index in [9.17, 15) is 4.79 Å². The zero-order valence-corrected chi connectivity index (χ0v) is 14.5. The maximum atomic E-state index is 12.1. The van der Waals surface area contributed by atoms with Crippen molar-refractivity contribution in [1.82, 2.24) is 14.6 Å². The minimum absolute atomic E-state index is 0.198. The Morgan fingerprint density at radius 1 is 1.04 bits per heavy atom. The number of benzene rings is 2. The Bertz CT molecular complexity index is 991. The Kier molecular flexibility index (Phi) is 4.32. The molecule has 120 valence electrons. The lowest BCUT2D eigenvalue weighted by Crippen LogP contribution is -1.99. The summed E-state index contributed by atoms with van der Waals surface area (Å²) in [7, 11) is 0. The van der Waals surface area contributed by atoms with Crippen LogP contribution in [0.5, 0.6) is 0 Å². The van der Waals surface area contributed by atoms with E-state index in [0.717, 1.165) is 33.4 Å². The first-order chi connectivity index (χ1) is 11.8. The van der Waals surface area contributed by atoms with E-state index in [-0.39, 0.29) is 5.78 Å². The third kappa shape index (κ3) is 2.95. The second-order valence-electron chi connectivity index (χ2n) is 5.41. The van der Waals surface area contributed by atoms with Gasteiger partial charge in [-0.15, -0.1) is 10.2 Å². The molecule has 0 bridgehead atoms. The van der Waals surface area contributed by atoms with E-state index < -0.39 is 0 Å². The van der Waals surface area contributed by atoms with Gasteiger partial charge >= 0.3 is 0 Å². The highest BCUT2D eigenvalue weighted by Crippen LogP contribution is 2.29. The third-order valence-electron chi connectivity index (χ3n) is 3.79. The minimum Gasteiger partial charge on any atom is -0.294 e. The van der Waals surface area contributed by atoms with Crippen LogP contribution >= 0.6 is 23.1 Å². The molecule has 0 saturated carbocycles. The summed E-state index contributed by atoms with van der Waals surface area (Å²) < 4.78 is 3.31. The van der Waals surface area contributed by atoms with Crippen LogP contribution in [-0.4, -0.2) is 26.1 Å². The van der Waals surface area contributed by atoms with Gasteiger partial charge in [0.15, 0.2) is 10.9 Å². The minimum atomic E-state index is 0.198. The van der Waals surface area contributed by atoms with Crippen molar-refractivity contribution in [3.8, 4) is 0 Å². The fraction of sp³-hybridized carbons (Fsp3) is 0.167. The molecule has 4 nitrogen and oxygen atoms in total. The van der Waals surface area contributed by atoms with Crippen molar-refractivity contribution >= 4 is 44.1 Å². The number of rotatable bonds is 6. The largest absolute Gasteiger partial charge is 0.294 e. The first-order valence-corrected chi connectivity index (χ1v) is 9.57. The van der Waals surface area contributed by atoms with E-state index in [0.29, 0.717) is 6.42 Å². The van der Waals surface area contributed by atoms with Crippen molar-refractivity contribution in [2.75, 3.05) is 5.75 Å². The maximum Gasteiger partial charge on any atom is 0.217 e. The van der Waals surface area contributed by atoms with Crippen LogP contribution in [0, 0.1) is 0 Å². The Morgan fingerprint density at radius 2 is 1.83 bits per heavy atom. The van der Waals surface area contributed by atoms with Crippen molar-refractivity contribution < 1.29 is 4.79 Å². The lowest BCUT2D eigenvalue weighted by molar-refractivity contribution is 0.0982. The van der Waals surface area contributed by atoms with Crippen LogP contribution in [0.15, 0.2) is 59.8 Å². The zero-order chi connectivity index (χ0) is 16.4. The van der Waals surface area contributed by atoms with Gasteiger partial charge < -0.3 is 0 Å². The van der Waals surface area contributed by atoms with E-state index in [2.05, 4.69) is 26.7 Å². The van der Waals surface area contributed by atoms with E-state index in [1.165, 1.54) is 4.70 Å². The predicted molar refractivity (Wildman–Crippen MR) is 99.1 cm³/mol. The second kappa shape index (κ2) is 6.75. The number of fused-ring (bicyclic) bond motifs is 3. The van der Waals surface area contributed by atoms with Gasteiger partial charge in [-0.3, -0.25) is 9.20 Å². The number of nitrogens with zero attached hydrogens (tertiary/aromatic N) is 3. The molecule has 0 atom stereocenters. The molecule has 0 aliphatic rings. The maximum absolute atomic E-state index is 12.1. The van der Waals surface area contributed by atoms with Gasteiger partial charge in [-0.1, -0.05) is 65.6 Å². The zero-order valence-electron chi connectivity index (χ0n) is 12.9. The standard InChI is InChI=1S/C18H15N3OS2/c22-15(13-7-2-1-3-8-13)10-6-12-23-17-19-20-18-21(17)14-9-4-5-11-16(14)24-18/h1-5,7-9,11H,6,10,12H2. The smallest absolute Gasteiger partial charge is 0.217 e. The van der Waals surface area contributed by atoms with Gasteiger partial charge in [-0.25, -0.2) is 0 Å². The Morgan fingerprint density at radius 3 is 2.71 bits per heavy atom. The topological polar surface area (TPSA) is 47.3 Å². The summed E-state index contributed by atoms with van der Waals surface area (Å²) in [5.74, 6) is 1.05. The predicted octanol–water partition coefficient (Wildman–Crippen LogP) is 4.70. The van der Waals surface area contributed by atoms with Gasteiger partial charge in [-0.2, -0.15) is 0 Å². The molecule has 0 spiro atoms. The monoisotopic (exact) mass is 353 g/mol. The van der Waals surface area contributed by atoms with Crippen LogP contribution in [0.1, 0.15) is 23.2 Å². The van der Waals surface area contributed by atoms with Crippen molar-refractivity contribution in [2.24, 2.45) is 0 Å². The number of Topliss-reactive ketones (excluding diaryl/α,β-unsaturated/α-hetero) is 1. The van der Waals surface area contributed by atoms with Crippen molar-refractivity contribution in [2.45, 2.75) is 18.0 Å². The van der Waals surface area contributed by atoms with Gasteiger partial charge in [0.25, 0.3) is 0 Å². The van der Waals surface area contributed by atoms with E-state index in [1.807, 2.05) is 42.5 Å². The highest BCUT2D eigenvalue weighted by atomic mass is 32.2. The molecular formula is C18H15N3OS2. The highest BCUT2D eigenvalue weighted by molar-refractivity contribution is 7.99. The molecule has 0 fully saturated rings. The van der Waals surface area contributed by atoms with Crippen LogP contribution in [0.4, 0.5) is 0 Å². The number of thioether (sulfide) groups is 1. The highest BCUT2D eigenvalue weighted by Gasteiger charge is 2.12. The number of hydrogen-bond acceptors (Lipinski definition) is 5. The third-order valence-corrected chi connectivity index (χ3v) is 5.81. The van der Waals surface area contributed by atoms with Gasteiger partial charge in [0.1, 0.15) is 0 Å². The number of thiazole rings is 1. The SMILES string of the molecule is O=C(CCCSc1nnc2sc3ccccc3n12)c1ccccc1. The lowest BCUT2D eigenvalue weighted by Gasteiger charge is -2.01. The van der Waals surface area contributed by atoms with E-state index in [4.69, 9.17) is 0 Å². The van der Waals surface area contributed by atoms with Crippen molar-refractivity contribution in [3.63, 3.8) is 0 Å². The van der Waals surface area contributed by atoms with Crippen LogP contribution in [-0.2, 0) is 0 Å². The van der Waals surface area contributed by atoms with Gasteiger partial charge in [0.2, 0.25) is 4.96 Å². The molecule has 0 aliphatic carbocycles. The van der Waals surface area contributed by atoms with Gasteiger partial charge in [0.05, 0.1) is 10.2 Å². The fourth-order valence-electron chi connectivity index (χ4n) is 2.61. The Labute approximate surface area is 147 Å². The number of carbonyl (C=O) groups excluding carboxylic acids is 1. The molecule has 2 aromatic carbocycles. The van der Waals surface area contributed by atoms with Crippen LogP contribution in [0.25, 0.3) is 15.2 Å². The molecule has 24 heavy (non-hydrogen) atoms. The average molecular weight is 353 g/mol. The molecule has 2 aromatic heterocycles. The summed E-state index contributed by atoms with van der Waals surface area (Å²) in [5.41, 5.74) is 1.93. The average Bonchev–Trinajstić information content (AvgIpc) is 3.18. The van der Waals surface area contributed by atoms with Crippen LogP contribution in [0.3, 0.4) is 0 Å². The first kappa shape index (κ1) is 15.4. The van der Waals surface area contributed by atoms with E-state index >= 15 is 0 Å². The summed E-state index contributed by atoms with van der Waals surface area (Å²) in [6.45, 7) is 0. The number of para-hydroxylation sites is 1. The van der Waals surface area contributed by atoms with Gasteiger partial charge in [0, 0.05) is 17.7 Å². The lowest BCUT2D eigenvalue weighted by atomic mass is 10.1. The Balaban J connectivity index is 1.41. The first-order valence-electron chi connectivity index (χ1n) is 7.76. The second-order valence-corrected chi connectivity index (χ2v) is 7.48. The summed E-state index contributed by atoms with van der Waals surface area (Å²) in [5, 5.41) is 9.44.